The van der Waals surface area contributed by atoms with Crippen LogP contribution in [0.1, 0.15) is 30.9 Å². The molecule has 0 spiro atoms. The summed E-state index contributed by atoms with van der Waals surface area (Å²) in [7, 11) is 1.71. The van der Waals surface area contributed by atoms with Crippen molar-refractivity contribution in [1.82, 2.24) is 4.98 Å². The van der Waals surface area contributed by atoms with Crippen molar-refractivity contribution < 1.29 is 9.47 Å². The van der Waals surface area contributed by atoms with Crippen molar-refractivity contribution in [2.75, 3.05) is 20.3 Å². The van der Waals surface area contributed by atoms with Crippen LogP contribution in [0.15, 0.2) is 77.6 Å². The number of para-hydroxylation sites is 1. The molecule has 3 aromatic rings. The normalized spacial score (nSPS) is 15.0. The Morgan fingerprint density at radius 1 is 1.00 bits per heavy atom. The molecule has 0 atom stereocenters. The third-order valence-corrected chi connectivity index (χ3v) is 5.17. The monoisotopic (exact) mass is 398 g/mol. The molecule has 4 rings (SSSR count). The van der Waals surface area contributed by atoms with Crippen LogP contribution in [0.3, 0.4) is 0 Å². The summed E-state index contributed by atoms with van der Waals surface area (Å²) in [6.07, 6.45) is 7.90. The van der Waals surface area contributed by atoms with Crippen molar-refractivity contribution >= 4 is 11.8 Å². The largest absolute Gasteiger partial charge is 0.496 e. The van der Waals surface area contributed by atoms with Crippen molar-refractivity contribution in [3.05, 3.63) is 83.7 Å². The van der Waals surface area contributed by atoms with Crippen molar-refractivity contribution in [3.8, 4) is 22.6 Å². The molecule has 0 aliphatic carbocycles. The quantitative estimate of drug-likeness (QED) is 0.525. The highest BCUT2D eigenvalue weighted by atomic mass is 16.5. The number of rotatable bonds is 6. The minimum atomic E-state index is 0.634. The molecule has 0 radical (unpaired) electrons. The Balaban J connectivity index is 1.78. The lowest BCUT2D eigenvalue weighted by molar-refractivity contribution is 0.341. The van der Waals surface area contributed by atoms with Gasteiger partial charge in [0.15, 0.2) is 0 Å². The van der Waals surface area contributed by atoms with E-state index >= 15 is 0 Å². The lowest BCUT2D eigenvalue weighted by atomic mass is 9.93. The van der Waals surface area contributed by atoms with Gasteiger partial charge in [-0.2, -0.15) is 0 Å². The highest BCUT2D eigenvalue weighted by Crippen LogP contribution is 2.34. The second-order valence-electron chi connectivity index (χ2n) is 7.13. The van der Waals surface area contributed by atoms with E-state index in [1.807, 2.05) is 43.5 Å². The van der Waals surface area contributed by atoms with Gasteiger partial charge < -0.3 is 9.47 Å². The zero-order valence-electron chi connectivity index (χ0n) is 17.5. The number of methoxy groups -OCH3 is 1. The maximum absolute atomic E-state index is 5.84. The van der Waals surface area contributed by atoms with Crippen LogP contribution in [0.2, 0.25) is 0 Å². The zero-order chi connectivity index (χ0) is 20.8. The van der Waals surface area contributed by atoms with E-state index in [0.29, 0.717) is 6.61 Å². The summed E-state index contributed by atoms with van der Waals surface area (Å²) in [5.41, 5.74) is 6.50. The molecule has 0 saturated heterocycles. The minimum Gasteiger partial charge on any atom is -0.496 e. The fourth-order valence-corrected chi connectivity index (χ4v) is 3.79. The van der Waals surface area contributed by atoms with Gasteiger partial charge in [0, 0.05) is 35.6 Å². The van der Waals surface area contributed by atoms with Gasteiger partial charge in [-0.25, -0.2) is 0 Å². The van der Waals surface area contributed by atoms with Crippen molar-refractivity contribution in [1.29, 1.82) is 0 Å². The van der Waals surface area contributed by atoms with Gasteiger partial charge in [-0.1, -0.05) is 24.3 Å². The van der Waals surface area contributed by atoms with Gasteiger partial charge in [0.05, 0.1) is 19.4 Å². The van der Waals surface area contributed by atoms with E-state index in [0.717, 1.165) is 58.9 Å². The Labute approximate surface area is 177 Å². The third-order valence-electron chi connectivity index (χ3n) is 5.17. The van der Waals surface area contributed by atoms with E-state index < -0.39 is 0 Å². The molecule has 152 valence electrons. The summed E-state index contributed by atoms with van der Waals surface area (Å²) >= 11 is 0. The van der Waals surface area contributed by atoms with Crippen LogP contribution in [0, 0.1) is 0 Å². The van der Waals surface area contributed by atoms with E-state index in [2.05, 4.69) is 35.3 Å². The molecule has 1 aliphatic heterocycles. The molecule has 0 amide bonds. The second-order valence-corrected chi connectivity index (χ2v) is 7.13. The van der Waals surface area contributed by atoms with Gasteiger partial charge in [-0.15, -0.1) is 0 Å². The molecule has 0 bridgehead atoms. The molecule has 4 heteroatoms. The maximum Gasteiger partial charge on any atom is 0.127 e. The first-order chi connectivity index (χ1) is 14.8. The maximum atomic E-state index is 5.84. The summed E-state index contributed by atoms with van der Waals surface area (Å²) < 4.78 is 11.5. The molecule has 0 unspecified atom stereocenters. The molecule has 1 aliphatic rings. The average molecular weight is 399 g/mol. The van der Waals surface area contributed by atoms with E-state index in [9.17, 15) is 0 Å². The van der Waals surface area contributed by atoms with Gasteiger partial charge in [-0.3, -0.25) is 9.98 Å². The van der Waals surface area contributed by atoms with E-state index in [1.54, 1.807) is 13.3 Å². The fraction of sp³-hybridized carbons (Fsp3) is 0.231. The smallest absolute Gasteiger partial charge is 0.127 e. The highest BCUT2D eigenvalue weighted by molar-refractivity contribution is 6.15. The number of aromatic nitrogens is 1. The van der Waals surface area contributed by atoms with Gasteiger partial charge in [0.2, 0.25) is 0 Å². The Morgan fingerprint density at radius 2 is 1.90 bits per heavy atom. The summed E-state index contributed by atoms with van der Waals surface area (Å²) in [5, 5.41) is 0. The summed E-state index contributed by atoms with van der Waals surface area (Å²) in [4.78, 5) is 9.07. The summed E-state index contributed by atoms with van der Waals surface area (Å²) in [6, 6.07) is 18.4. The van der Waals surface area contributed by atoms with Crippen LogP contribution < -0.4 is 9.47 Å². The van der Waals surface area contributed by atoms with E-state index in [-0.39, 0.29) is 0 Å². The molecule has 1 aromatic heterocycles. The predicted molar refractivity (Wildman–Crippen MR) is 122 cm³/mol. The first kappa shape index (κ1) is 19.9. The lowest BCUT2D eigenvalue weighted by Gasteiger charge is -2.17. The Hall–Kier alpha value is -3.40. The molecular formula is C26H26N2O2. The van der Waals surface area contributed by atoms with Gasteiger partial charge in [0.25, 0.3) is 0 Å². The van der Waals surface area contributed by atoms with Crippen molar-refractivity contribution in [2.24, 2.45) is 4.99 Å². The molecular weight excluding hydrogens is 372 g/mol. The summed E-state index contributed by atoms with van der Waals surface area (Å²) in [5.74, 6) is 1.73. The number of aliphatic imine (C=N–C) groups is 1. The van der Waals surface area contributed by atoms with Gasteiger partial charge in [0.1, 0.15) is 11.5 Å². The minimum absolute atomic E-state index is 0.634. The van der Waals surface area contributed by atoms with Crippen LogP contribution in [0.4, 0.5) is 0 Å². The van der Waals surface area contributed by atoms with Crippen LogP contribution in [0.5, 0.6) is 11.5 Å². The predicted octanol–water partition coefficient (Wildman–Crippen LogP) is 5.82. The Kier molecular flexibility index (Phi) is 6.23. The Morgan fingerprint density at radius 3 is 2.70 bits per heavy atom. The SMILES string of the molecule is CCOc1ccccc1-c1ccc(OC)c(/C=C2\CCCN=C2c2cccnc2)c1. The highest BCUT2D eigenvalue weighted by Gasteiger charge is 2.16. The number of allylic oxidation sites excluding steroid dienone is 1. The topological polar surface area (TPSA) is 43.7 Å². The summed E-state index contributed by atoms with van der Waals surface area (Å²) in [6.45, 7) is 3.48. The van der Waals surface area contributed by atoms with Crippen molar-refractivity contribution in [3.63, 3.8) is 0 Å². The van der Waals surface area contributed by atoms with Gasteiger partial charge in [-0.05, 0) is 67.3 Å². The van der Waals surface area contributed by atoms with Crippen LogP contribution in [-0.2, 0) is 0 Å². The Bertz CT molecular complexity index is 1070. The number of ether oxygens (including phenoxy) is 2. The number of benzene rings is 2. The van der Waals surface area contributed by atoms with Gasteiger partial charge >= 0.3 is 0 Å². The number of nitrogens with zero attached hydrogens (tertiary/aromatic N) is 2. The van der Waals surface area contributed by atoms with E-state index in [4.69, 9.17) is 14.5 Å². The molecule has 0 fully saturated rings. The van der Waals surface area contributed by atoms with Crippen LogP contribution >= 0.6 is 0 Å². The number of hydrogen-bond donors (Lipinski definition) is 0. The lowest BCUT2D eigenvalue weighted by Crippen LogP contribution is -2.12. The standard InChI is InChI=1S/C26H26N2O2/c1-3-30-25-11-5-4-10-23(25)19-12-13-24(29-2)22(16-19)17-20-8-7-15-28-26(20)21-9-6-14-27-18-21/h4-6,9-14,16-18H,3,7-8,15H2,1-2H3/b20-17+. The molecule has 2 aromatic carbocycles. The number of hydrogen-bond acceptors (Lipinski definition) is 4. The van der Waals surface area contributed by atoms with Crippen LogP contribution in [0.25, 0.3) is 17.2 Å². The zero-order valence-corrected chi connectivity index (χ0v) is 17.5. The molecule has 0 N–H and O–H groups in total. The van der Waals surface area contributed by atoms with E-state index in [1.165, 1.54) is 5.57 Å². The molecule has 4 nitrogen and oxygen atoms in total. The molecule has 0 saturated carbocycles. The average Bonchev–Trinajstić information content (AvgIpc) is 2.81. The van der Waals surface area contributed by atoms with Crippen LogP contribution in [-0.4, -0.2) is 31.0 Å². The second kappa shape index (κ2) is 9.40. The number of pyridine rings is 1. The fourth-order valence-electron chi connectivity index (χ4n) is 3.79. The first-order valence-electron chi connectivity index (χ1n) is 10.4. The molecule has 2 heterocycles. The molecule has 30 heavy (non-hydrogen) atoms. The first-order valence-corrected chi connectivity index (χ1v) is 10.4. The third kappa shape index (κ3) is 4.28. The van der Waals surface area contributed by atoms with Crippen molar-refractivity contribution in [2.45, 2.75) is 19.8 Å².